The molecule has 7 heteroatoms. The maximum Gasteiger partial charge on any atom is 0.418 e. The van der Waals surface area contributed by atoms with E-state index in [2.05, 4.69) is 15.9 Å². The molecule has 0 aliphatic carbocycles. The van der Waals surface area contributed by atoms with Crippen molar-refractivity contribution in [3.63, 3.8) is 0 Å². The molecule has 1 aromatic rings. The van der Waals surface area contributed by atoms with E-state index in [-0.39, 0.29) is 12.1 Å². The van der Waals surface area contributed by atoms with Gasteiger partial charge in [-0.15, -0.1) is 0 Å². The molecule has 0 aliphatic rings. The minimum atomic E-state index is -4.49. The van der Waals surface area contributed by atoms with Crippen molar-refractivity contribution in [2.75, 3.05) is 11.4 Å². The molecule has 0 saturated heterocycles. The van der Waals surface area contributed by atoms with Crippen molar-refractivity contribution in [1.82, 2.24) is 0 Å². The number of benzene rings is 1. The van der Waals surface area contributed by atoms with Gasteiger partial charge in [-0.05, 0) is 32.0 Å². The standard InChI is InChI=1S/C13H15BrF3NO2/c1-3-18(8(2)6-12(19)20)11-5-4-9(14)7-10(11)13(15,16)17/h4-5,7-8H,3,6H2,1-2H3,(H,19,20). The van der Waals surface area contributed by atoms with Gasteiger partial charge < -0.3 is 10.0 Å². The van der Waals surface area contributed by atoms with E-state index in [1.54, 1.807) is 13.8 Å². The van der Waals surface area contributed by atoms with Gasteiger partial charge in [-0.2, -0.15) is 13.2 Å². The third-order valence-electron chi connectivity index (χ3n) is 2.92. The van der Waals surface area contributed by atoms with E-state index in [4.69, 9.17) is 5.11 Å². The molecule has 0 spiro atoms. The summed E-state index contributed by atoms with van der Waals surface area (Å²) in [4.78, 5) is 12.2. The third-order valence-corrected chi connectivity index (χ3v) is 3.41. The van der Waals surface area contributed by atoms with Crippen LogP contribution in [0.25, 0.3) is 0 Å². The Morgan fingerprint density at radius 2 is 2.05 bits per heavy atom. The predicted octanol–water partition coefficient (Wildman–Crippen LogP) is 4.16. The van der Waals surface area contributed by atoms with E-state index in [0.717, 1.165) is 6.07 Å². The highest BCUT2D eigenvalue weighted by molar-refractivity contribution is 9.10. The van der Waals surface area contributed by atoms with Gasteiger partial charge >= 0.3 is 12.1 Å². The predicted molar refractivity (Wildman–Crippen MR) is 73.9 cm³/mol. The molecule has 112 valence electrons. The summed E-state index contributed by atoms with van der Waals surface area (Å²) in [7, 11) is 0. The topological polar surface area (TPSA) is 40.5 Å². The van der Waals surface area contributed by atoms with Crippen LogP contribution in [-0.4, -0.2) is 23.7 Å². The molecule has 3 nitrogen and oxygen atoms in total. The smallest absolute Gasteiger partial charge is 0.418 e. The Hall–Kier alpha value is -1.24. The number of hydrogen-bond acceptors (Lipinski definition) is 2. The highest BCUT2D eigenvalue weighted by Gasteiger charge is 2.35. The minimum Gasteiger partial charge on any atom is -0.481 e. The number of nitrogens with zero attached hydrogens (tertiary/aromatic N) is 1. The van der Waals surface area contributed by atoms with Crippen molar-refractivity contribution < 1.29 is 23.1 Å². The van der Waals surface area contributed by atoms with Gasteiger partial charge in [0.15, 0.2) is 0 Å². The number of halogens is 4. The van der Waals surface area contributed by atoms with Gasteiger partial charge in [0.2, 0.25) is 0 Å². The number of aliphatic carboxylic acids is 1. The van der Waals surface area contributed by atoms with Crippen molar-refractivity contribution in [3.05, 3.63) is 28.2 Å². The van der Waals surface area contributed by atoms with Crippen molar-refractivity contribution in [2.24, 2.45) is 0 Å². The highest BCUT2D eigenvalue weighted by atomic mass is 79.9. The van der Waals surface area contributed by atoms with E-state index >= 15 is 0 Å². The van der Waals surface area contributed by atoms with Crippen molar-refractivity contribution >= 4 is 27.6 Å². The van der Waals surface area contributed by atoms with Gasteiger partial charge in [-0.25, -0.2) is 0 Å². The summed E-state index contributed by atoms with van der Waals surface area (Å²) < 4.78 is 39.6. The molecule has 20 heavy (non-hydrogen) atoms. The van der Waals surface area contributed by atoms with Crippen LogP contribution in [-0.2, 0) is 11.0 Å². The first-order valence-corrected chi connectivity index (χ1v) is 6.81. The van der Waals surface area contributed by atoms with Crippen LogP contribution in [0, 0.1) is 0 Å². The van der Waals surface area contributed by atoms with E-state index < -0.39 is 23.8 Å². The summed E-state index contributed by atoms with van der Waals surface area (Å²) in [5.41, 5.74) is -0.775. The lowest BCUT2D eigenvalue weighted by Gasteiger charge is -2.31. The van der Waals surface area contributed by atoms with Crippen LogP contribution in [0.1, 0.15) is 25.8 Å². The Morgan fingerprint density at radius 1 is 1.45 bits per heavy atom. The average molecular weight is 354 g/mol. The summed E-state index contributed by atoms with van der Waals surface area (Å²) in [5, 5.41) is 8.79. The second kappa shape index (κ2) is 6.47. The number of rotatable bonds is 5. The molecule has 0 aliphatic heterocycles. The summed E-state index contributed by atoms with van der Waals surface area (Å²) in [6, 6.07) is 3.35. The third kappa shape index (κ3) is 4.13. The van der Waals surface area contributed by atoms with Crippen molar-refractivity contribution in [1.29, 1.82) is 0 Å². The minimum absolute atomic E-state index is 0.00282. The molecular weight excluding hydrogens is 339 g/mol. The van der Waals surface area contributed by atoms with Crippen LogP contribution in [0.5, 0.6) is 0 Å². The van der Waals surface area contributed by atoms with Gasteiger partial charge in [-0.3, -0.25) is 4.79 Å². The Labute approximate surface area is 123 Å². The molecule has 0 amide bonds. The van der Waals surface area contributed by atoms with Gasteiger partial charge in [0.05, 0.1) is 12.0 Å². The Morgan fingerprint density at radius 3 is 2.50 bits per heavy atom. The van der Waals surface area contributed by atoms with Crippen LogP contribution in [0.15, 0.2) is 22.7 Å². The van der Waals surface area contributed by atoms with Gasteiger partial charge in [-0.1, -0.05) is 15.9 Å². The second-order valence-electron chi connectivity index (χ2n) is 4.39. The largest absolute Gasteiger partial charge is 0.481 e. The van der Waals surface area contributed by atoms with Gasteiger partial charge in [0.1, 0.15) is 0 Å². The fourth-order valence-electron chi connectivity index (χ4n) is 2.07. The first kappa shape index (κ1) is 16.8. The summed E-state index contributed by atoms with van der Waals surface area (Å²) >= 11 is 3.02. The first-order chi connectivity index (χ1) is 9.16. The number of alkyl halides is 3. The maximum absolute atomic E-state index is 13.1. The van der Waals surface area contributed by atoms with Crippen molar-refractivity contribution in [2.45, 2.75) is 32.5 Å². The van der Waals surface area contributed by atoms with Crippen LogP contribution in [0.3, 0.4) is 0 Å². The Balaban J connectivity index is 3.25. The zero-order chi connectivity index (χ0) is 15.5. The van der Waals surface area contributed by atoms with Crippen LogP contribution >= 0.6 is 15.9 Å². The number of carboxylic acids is 1. The zero-order valence-corrected chi connectivity index (χ0v) is 12.6. The van der Waals surface area contributed by atoms with E-state index in [1.165, 1.54) is 17.0 Å². The average Bonchev–Trinajstić information content (AvgIpc) is 2.29. The van der Waals surface area contributed by atoms with Gasteiger partial charge in [0, 0.05) is 22.7 Å². The second-order valence-corrected chi connectivity index (χ2v) is 5.31. The molecule has 1 aromatic carbocycles. The number of hydrogen-bond donors (Lipinski definition) is 1. The Kier molecular flexibility index (Phi) is 5.44. The van der Waals surface area contributed by atoms with E-state index in [0.29, 0.717) is 11.0 Å². The van der Waals surface area contributed by atoms with Gasteiger partial charge in [0.25, 0.3) is 0 Å². The van der Waals surface area contributed by atoms with Crippen LogP contribution in [0.2, 0.25) is 0 Å². The lowest BCUT2D eigenvalue weighted by molar-refractivity contribution is -0.137. The monoisotopic (exact) mass is 353 g/mol. The highest BCUT2D eigenvalue weighted by Crippen LogP contribution is 2.39. The SMILES string of the molecule is CCN(c1ccc(Br)cc1C(F)(F)F)C(C)CC(=O)O. The number of anilines is 1. The molecule has 1 rings (SSSR count). The normalized spacial score (nSPS) is 13.1. The summed E-state index contributed by atoms with van der Waals surface area (Å²) in [6.07, 6.45) is -4.71. The molecule has 0 fully saturated rings. The molecule has 1 unspecified atom stereocenters. The molecule has 1 N–H and O–H groups in total. The lowest BCUT2D eigenvalue weighted by atomic mass is 10.1. The number of carboxylic acid groups (broad SMARTS) is 1. The lowest BCUT2D eigenvalue weighted by Crippen LogP contribution is -2.36. The maximum atomic E-state index is 13.1. The zero-order valence-electron chi connectivity index (χ0n) is 11.0. The fourth-order valence-corrected chi connectivity index (χ4v) is 2.43. The molecule has 1 atom stereocenters. The molecule has 0 radical (unpaired) electrons. The van der Waals surface area contributed by atoms with Crippen molar-refractivity contribution in [3.8, 4) is 0 Å². The molecule has 0 bridgehead atoms. The quantitative estimate of drug-likeness (QED) is 0.863. The molecule has 0 aromatic heterocycles. The first-order valence-electron chi connectivity index (χ1n) is 6.02. The van der Waals surface area contributed by atoms with Crippen LogP contribution < -0.4 is 4.90 Å². The molecule has 0 heterocycles. The van der Waals surface area contributed by atoms with Crippen LogP contribution in [0.4, 0.5) is 18.9 Å². The fraction of sp³-hybridized carbons (Fsp3) is 0.462. The summed E-state index contributed by atoms with van der Waals surface area (Å²) in [6.45, 7) is 3.58. The van der Waals surface area contributed by atoms with E-state index in [1.807, 2.05) is 0 Å². The number of carbonyl (C=O) groups is 1. The van der Waals surface area contributed by atoms with E-state index in [9.17, 15) is 18.0 Å². The summed E-state index contributed by atoms with van der Waals surface area (Å²) in [5.74, 6) is -1.04. The molecular formula is C13H15BrF3NO2. The molecule has 0 saturated carbocycles. The Bertz CT molecular complexity index is 491.